The van der Waals surface area contributed by atoms with E-state index in [1.165, 1.54) is 28.3 Å². The van der Waals surface area contributed by atoms with Gasteiger partial charge in [0, 0.05) is 14.1 Å². The van der Waals surface area contributed by atoms with Crippen LogP contribution in [-0.4, -0.2) is 31.9 Å². The minimum Gasteiger partial charge on any atom is -0.355 e. The highest BCUT2D eigenvalue weighted by atomic mass is 15.4. The number of pyridine rings is 1. The van der Waals surface area contributed by atoms with Crippen molar-refractivity contribution in [3.8, 4) is 0 Å². The molecule has 0 amide bonds. The van der Waals surface area contributed by atoms with Crippen molar-refractivity contribution in [3.63, 3.8) is 0 Å². The highest BCUT2D eigenvalue weighted by Crippen LogP contribution is 2.47. The Morgan fingerprint density at radius 1 is 0.786 bits per heavy atom. The third kappa shape index (κ3) is 2.29. The van der Waals surface area contributed by atoms with Gasteiger partial charge in [-0.2, -0.15) is 0 Å². The third-order valence-corrected chi connectivity index (χ3v) is 6.11. The molecule has 0 N–H and O–H groups in total. The Labute approximate surface area is 166 Å². The SMILES string of the molecule is Cc1c(N2CN(C)c3ccccc32)cncc1N1c2ccccc2N(C)[C@@H]1C. The molecule has 5 rings (SSSR count). The molecule has 1 atom stereocenters. The highest BCUT2D eigenvalue weighted by Gasteiger charge is 2.33. The lowest BCUT2D eigenvalue weighted by atomic mass is 10.1. The van der Waals surface area contributed by atoms with Crippen LogP contribution in [0.4, 0.5) is 34.1 Å². The predicted octanol–water partition coefficient (Wildman–Crippen LogP) is 4.87. The Balaban J connectivity index is 1.62. The summed E-state index contributed by atoms with van der Waals surface area (Å²) in [5.74, 6) is 0. The quantitative estimate of drug-likeness (QED) is 0.640. The number of hydrogen-bond acceptors (Lipinski definition) is 5. The first-order chi connectivity index (χ1) is 13.6. The lowest BCUT2D eigenvalue weighted by Crippen LogP contribution is -2.36. The number of aromatic nitrogens is 1. The molecule has 2 aliphatic rings. The average Bonchev–Trinajstić information content (AvgIpc) is 3.18. The molecule has 3 aromatic rings. The van der Waals surface area contributed by atoms with Crippen LogP contribution in [0.15, 0.2) is 60.9 Å². The summed E-state index contributed by atoms with van der Waals surface area (Å²) in [5, 5.41) is 0. The first-order valence-corrected chi connectivity index (χ1v) is 9.71. The highest BCUT2D eigenvalue weighted by molar-refractivity contribution is 5.88. The fraction of sp³-hybridized carbons (Fsp3) is 0.261. The van der Waals surface area contributed by atoms with E-state index in [2.05, 4.69) is 101 Å². The topological polar surface area (TPSA) is 25.9 Å². The predicted molar refractivity (Wildman–Crippen MR) is 117 cm³/mol. The van der Waals surface area contributed by atoms with Gasteiger partial charge in [0.05, 0.1) is 53.2 Å². The number of rotatable bonds is 2. The molecule has 0 saturated carbocycles. The van der Waals surface area contributed by atoms with Gasteiger partial charge < -0.3 is 19.6 Å². The Morgan fingerprint density at radius 2 is 1.39 bits per heavy atom. The van der Waals surface area contributed by atoms with Gasteiger partial charge in [0.1, 0.15) is 6.17 Å². The third-order valence-electron chi connectivity index (χ3n) is 6.11. The van der Waals surface area contributed by atoms with Crippen LogP contribution in [0, 0.1) is 6.92 Å². The summed E-state index contributed by atoms with van der Waals surface area (Å²) in [4.78, 5) is 14.0. The summed E-state index contributed by atoms with van der Waals surface area (Å²) in [7, 11) is 4.29. The Kier molecular flexibility index (Phi) is 3.72. The van der Waals surface area contributed by atoms with Crippen molar-refractivity contribution in [2.75, 3.05) is 40.4 Å². The lowest BCUT2D eigenvalue weighted by Gasteiger charge is -2.30. The normalized spacial score (nSPS) is 17.9. The number of para-hydroxylation sites is 4. The molecule has 5 heteroatoms. The molecule has 0 fully saturated rings. The first kappa shape index (κ1) is 16.9. The van der Waals surface area contributed by atoms with Gasteiger partial charge in [-0.15, -0.1) is 0 Å². The van der Waals surface area contributed by atoms with Crippen LogP contribution in [0.3, 0.4) is 0 Å². The molecule has 0 aliphatic carbocycles. The van der Waals surface area contributed by atoms with E-state index >= 15 is 0 Å². The van der Waals surface area contributed by atoms with E-state index < -0.39 is 0 Å². The van der Waals surface area contributed by atoms with Crippen molar-refractivity contribution < 1.29 is 0 Å². The largest absolute Gasteiger partial charge is 0.355 e. The van der Waals surface area contributed by atoms with Crippen LogP contribution in [0.5, 0.6) is 0 Å². The van der Waals surface area contributed by atoms with Crippen molar-refractivity contribution in [2.45, 2.75) is 20.0 Å². The number of fused-ring (bicyclic) bond motifs is 2. The van der Waals surface area contributed by atoms with Gasteiger partial charge in [-0.05, 0) is 43.7 Å². The number of nitrogens with zero attached hydrogens (tertiary/aromatic N) is 5. The Morgan fingerprint density at radius 3 is 2.14 bits per heavy atom. The second kappa shape index (κ2) is 6.16. The summed E-state index contributed by atoms with van der Waals surface area (Å²) in [6, 6.07) is 17.1. The van der Waals surface area contributed by atoms with Gasteiger partial charge in [-0.3, -0.25) is 4.98 Å². The average molecular weight is 371 g/mol. The lowest BCUT2D eigenvalue weighted by molar-refractivity contribution is 0.731. The molecule has 0 bridgehead atoms. The molecule has 28 heavy (non-hydrogen) atoms. The molecule has 2 aromatic carbocycles. The fourth-order valence-electron chi connectivity index (χ4n) is 4.48. The van der Waals surface area contributed by atoms with Crippen LogP contribution in [0.2, 0.25) is 0 Å². The van der Waals surface area contributed by atoms with E-state index in [9.17, 15) is 0 Å². The zero-order valence-electron chi connectivity index (χ0n) is 16.8. The molecular formula is C23H25N5. The van der Waals surface area contributed by atoms with Gasteiger partial charge >= 0.3 is 0 Å². The maximum atomic E-state index is 4.64. The van der Waals surface area contributed by atoms with E-state index in [-0.39, 0.29) is 6.17 Å². The van der Waals surface area contributed by atoms with E-state index in [0.717, 1.165) is 18.0 Å². The second-order valence-corrected chi connectivity index (χ2v) is 7.66. The Bertz CT molecular complexity index is 1050. The summed E-state index contributed by atoms with van der Waals surface area (Å²) in [6.45, 7) is 5.28. The number of anilines is 6. The fourth-order valence-corrected chi connectivity index (χ4v) is 4.48. The van der Waals surface area contributed by atoms with Gasteiger partial charge in [-0.1, -0.05) is 24.3 Å². The zero-order valence-corrected chi connectivity index (χ0v) is 16.8. The zero-order chi connectivity index (χ0) is 19.4. The van der Waals surface area contributed by atoms with E-state index in [1.807, 2.05) is 12.4 Å². The minimum absolute atomic E-state index is 0.238. The number of hydrogen-bond donors (Lipinski definition) is 0. The molecule has 1 aromatic heterocycles. The first-order valence-electron chi connectivity index (χ1n) is 9.71. The standard InChI is InChI=1S/C23H25N5/c1-16-22(27-15-25(3)18-9-5-7-11-20(18)27)13-24-14-23(16)28-17(2)26(4)19-10-6-8-12-21(19)28/h5-14,17H,15H2,1-4H3/t17-/m0/s1. The van der Waals surface area contributed by atoms with E-state index in [4.69, 9.17) is 0 Å². The summed E-state index contributed by atoms with van der Waals surface area (Å²) in [6.07, 6.45) is 4.23. The van der Waals surface area contributed by atoms with Crippen LogP contribution >= 0.6 is 0 Å². The van der Waals surface area contributed by atoms with Crippen molar-refractivity contribution in [2.24, 2.45) is 0 Å². The van der Waals surface area contributed by atoms with Crippen LogP contribution in [0.25, 0.3) is 0 Å². The summed E-state index contributed by atoms with van der Waals surface area (Å²) < 4.78 is 0. The molecule has 2 aliphatic heterocycles. The van der Waals surface area contributed by atoms with Crippen molar-refractivity contribution in [3.05, 3.63) is 66.5 Å². The molecule has 0 unspecified atom stereocenters. The molecule has 3 heterocycles. The van der Waals surface area contributed by atoms with Gasteiger partial charge in [0.25, 0.3) is 0 Å². The van der Waals surface area contributed by atoms with Gasteiger partial charge in [0.2, 0.25) is 0 Å². The maximum Gasteiger partial charge on any atom is 0.103 e. The van der Waals surface area contributed by atoms with Crippen LogP contribution in [-0.2, 0) is 0 Å². The molecule has 0 radical (unpaired) electrons. The van der Waals surface area contributed by atoms with Crippen LogP contribution in [0.1, 0.15) is 12.5 Å². The molecule has 0 spiro atoms. The van der Waals surface area contributed by atoms with Crippen molar-refractivity contribution in [1.82, 2.24) is 4.98 Å². The molecular weight excluding hydrogens is 346 g/mol. The second-order valence-electron chi connectivity index (χ2n) is 7.66. The molecule has 0 saturated heterocycles. The van der Waals surface area contributed by atoms with Crippen molar-refractivity contribution in [1.29, 1.82) is 0 Å². The minimum atomic E-state index is 0.238. The smallest absolute Gasteiger partial charge is 0.103 e. The maximum absolute atomic E-state index is 4.64. The summed E-state index contributed by atoms with van der Waals surface area (Å²) in [5.41, 5.74) is 8.55. The monoisotopic (exact) mass is 371 g/mol. The summed E-state index contributed by atoms with van der Waals surface area (Å²) >= 11 is 0. The van der Waals surface area contributed by atoms with Gasteiger partial charge in [-0.25, -0.2) is 0 Å². The number of benzene rings is 2. The van der Waals surface area contributed by atoms with Crippen LogP contribution < -0.4 is 19.6 Å². The molecule has 5 nitrogen and oxygen atoms in total. The van der Waals surface area contributed by atoms with Gasteiger partial charge in [0.15, 0.2) is 0 Å². The molecule has 142 valence electrons. The van der Waals surface area contributed by atoms with E-state index in [0.29, 0.717) is 0 Å². The van der Waals surface area contributed by atoms with Crippen molar-refractivity contribution >= 4 is 34.1 Å². The van der Waals surface area contributed by atoms with E-state index in [1.54, 1.807) is 0 Å². The Hall–Kier alpha value is -3.21.